The zero-order valence-corrected chi connectivity index (χ0v) is 17.5. The standard InChI is InChI=1S/C25H29NO3/c1-19-10-7-8-14-21(19)18-26(15-9-13-20-11-5-4-6-12-20)24(28)23-16-22(27)17-25(2,3)29-23/h4-8,10-12,14,16H,9,13,15,17-18H2,1-3H3. The van der Waals surface area contributed by atoms with Crippen molar-refractivity contribution in [1.29, 1.82) is 0 Å². The third kappa shape index (κ3) is 5.80. The van der Waals surface area contributed by atoms with E-state index >= 15 is 0 Å². The molecule has 152 valence electrons. The van der Waals surface area contributed by atoms with Gasteiger partial charge in [0.05, 0.1) is 0 Å². The highest BCUT2D eigenvalue weighted by Crippen LogP contribution is 2.26. The fourth-order valence-corrected chi connectivity index (χ4v) is 3.61. The van der Waals surface area contributed by atoms with E-state index in [1.165, 1.54) is 11.6 Å². The molecule has 0 bridgehead atoms. The smallest absolute Gasteiger partial charge is 0.289 e. The Morgan fingerprint density at radius 2 is 1.76 bits per heavy atom. The SMILES string of the molecule is Cc1ccccc1CN(CCCc1ccccc1)C(=O)C1=CC(=O)CC(C)(C)O1. The van der Waals surface area contributed by atoms with E-state index in [0.717, 1.165) is 24.0 Å². The Morgan fingerprint density at radius 1 is 1.07 bits per heavy atom. The van der Waals surface area contributed by atoms with E-state index in [9.17, 15) is 9.59 Å². The summed E-state index contributed by atoms with van der Waals surface area (Å²) < 4.78 is 5.87. The summed E-state index contributed by atoms with van der Waals surface area (Å²) >= 11 is 0. The molecule has 1 heterocycles. The molecule has 4 heteroatoms. The zero-order chi connectivity index (χ0) is 20.9. The Balaban J connectivity index is 1.77. The number of benzene rings is 2. The maximum Gasteiger partial charge on any atom is 0.289 e. The fraction of sp³-hybridized carbons (Fsp3) is 0.360. The van der Waals surface area contributed by atoms with E-state index in [4.69, 9.17) is 4.74 Å². The monoisotopic (exact) mass is 391 g/mol. The van der Waals surface area contributed by atoms with Gasteiger partial charge in [-0.15, -0.1) is 0 Å². The van der Waals surface area contributed by atoms with Crippen LogP contribution in [0.3, 0.4) is 0 Å². The fourth-order valence-electron chi connectivity index (χ4n) is 3.61. The van der Waals surface area contributed by atoms with Crippen LogP contribution in [0, 0.1) is 6.92 Å². The molecular weight excluding hydrogens is 362 g/mol. The summed E-state index contributed by atoms with van der Waals surface area (Å²) in [7, 11) is 0. The highest BCUT2D eigenvalue weighted by Gasteiger charge is 2.33. The van der Waals surface area contributed by atoms with Crippen molar-refractivity contribution in [1.82, 2.24) is 4.90 Å². The van der Waals surface area contributed by atoms with Crippen LogP contribution >= 0.6 is 0 Å². The predicted octanol–water partition coefficient (Wildman–Crippen LogP) is 4.61. The third-order valence-electron chi connectivity index (χ3n) is 5.14. The topological polar surface area (TPSA) is 46.6 Å². The summed E-state index contributed by atoms with van der Waals surface area (Å²) in [5.74, 6) is -0.133. The second-order valence-corrected chi connectivity index (χ2v) is 8.26. The molecule has 0 saturated carbocycles. The van der Waals surface area contributed by atoms with E-state index in [1.54, 1.807) is 4.90 Å². The van der Waals surface area contributed by atoms with Crippen LogP contribution in [0.25, 0.3) is 0 Å². The number of rotatable bonds is 7. The highest BCUT2D eigenvalue weighted by atomic mass is 16.5. The number of ether oxygens (including phenoxy) is 1. The first-order valence-electron chi connectivity index (χ1n) is 10.2. The molecule has 0 fully saturated rings. The summed E-state index contributed by atoms with van der Waals surface area (Å²) in [5, 5.41) is 0. The van der Waals surface area contributed by atoms with E-state index in [0.29, 0.717) is 13.1 Å². The van der Waals surface area contributed by atoms with Gasteiger partial charge in [0.1, 0.15) is 5.60 Å². The Bertz CT molecular complexity index is 899. The normalized spacial score (nSPS) is 15.4. The van der Waals surface area contributed by atoms with E-state index in [1.807, 2.05) is 63.2 Å². The van der Waals surface area contributed by atoms with Gasteiger partial charge in [-0.1, -0.05) is 54.6 Å². The molecule has 0 unspecified atom stereocenters. The van der Waals surface area contributed by atoms with Crippen LogP contribution in [0.1, 0.15) is 43.4 Å². The number of nitrogens with zero attached hydrogens (tertiary/aromatic N) is 1. The molecule has 1 amide bonds. The number of hydrogen-bond acceptors (Lipinski definition) is 3. The molecule has 0 saturated heterocycles. The average molecular weight is 392 g/mol. The number of aryl methyl sites for hydroxylation is 2. The van der Waals surface area contributed by atoms with Gasteiger partial charge in [-0.3, -0.25) is 9.59 Å². The number of ketones is 1. The van der Waals surface area contributed by atoms with Crippen molar-refractivity contribution in [2.45, 2.75) is 52.2 Å². The van der Waals surface area contributed by atoms with Gasteiger partial charge >= 0.3 is 0 Å². The Hall–Kier alpha value is -2.88. The molecule has 1 aliphatic heterocycles. The number of allylic oxidation sites excluding steroid dienone is 1. The summed E-state index contributed by atoms with van der Waals surface area (Å²) in [5.41, 5.74) is 2.83. The molecule has 3 rings (SSSR count). The largest absolute Gasteiger partial charge is 0.481 e. The lowest BCUT2D eigenvalue weighted by Gasteiger charge is -2.32. The predicted molar refractivity (Wildman–Crippen MR) is 114 cm³/mol. The van der Waals surface area contributed by atoms with E-state index < -0.39 is 5.60 Å². The number of carbonyl (C=O) groups excluding carboxylic acids is 2. The second-order valence-electron chi connectivity index (χ2n) is 8.26. The van der Waals surface area contributed by atoms with Gasteiger partial charge in [0.15, 0.2) is 11.5 Å². The van der Waals surface area contributed by atoms with E-state index in [2.05, 4.69) is 12.1 Å². The lowest BCUT2D eigenvalue weighted by molar-refractivity contribution is -0.138. The first-order chi connectivity index (χ1) is 13.8. The van der Waals surface area contributed by atoms with Crippen LogP contribution in [0.15, 0.2) is 66.4 Å². The Labute approximate surface area is 173 Å². The molecule has 0 aliphatic carbocycles. The van der Waals surface area contributed by atoms with Gasteiger partial charge in [0.25, 0.3) is 5.91 Å². The molecular formula is C25H29NO3. The number of amides is 1. The van der Waals surface area contributed by atoms with Gasteiger partial charge in [-0.25, -0.2) is 0 Å². The molecule has 4 nitrogen and oxygen atoms in total. The van der Waals surface area contributed by atoms with Gasteiger partial charge in [0, 0.05) is 25.6 Å². The third-order valence-corrected chi connectivity index (χ3v) is 5.14. The number of carbonyl (C=O) groups is 2. The summed E-state index contributed by atoms with van der Waals surface area (Å²) in [4.78, 5) is 27.2. The minimum Gasteiger partial charge on any atom is -0.481 e. The summed E-state index contributed by atoms with van der Waals surface area (Å²) in [6, 6.07) is 18.3. The van der Waals surface area contributed by atoms with Crippen LogP contribution in [0.2, 0.25) is 0 Å². The average Bonchev–Trinajstić information content (AvgIpc) is 2.67. The Morgan fingerprint density at radius 3 is 2.45 bits per heavy atom. The van der Waals surface area contributed by atoms with Crippen LogP contribution in [-0.2, 0) is 27.3 Å². The zero-order valence-electron chi connectivity index (χ0n) is 17.5. The van der Waals surface area contributed by atoms with Crippen molar-refractivity contribution in [2.24, 2.45) is 0 Å². The van der Waals surface area contributed by atoms with Crippen molar-refractivity contribution in [3.63, 3.8) is 0 Å². The molecule has 1 aliphatic rings. The Kier molecular flexibility index (Phi) is 6.53. The second kappa shape index (κ2) is 9.08. The first kappa shape index (κ1) is 20.8. The lowest BCUT2D eigenvalue weighted by atomic mass is 9.98. The molecule has 0 radical (unpaired) electrons. The first-order valence-corrected chi connectivity index (χ1v) is 10.2. The molecule has 2 aromatic rings. The van der Waals surface area contributed by atoms with Crippen molar-refractivity contribution in [2.75, 3.05) is 6.54 Å². The maximum absolute atomic E-state index is 13.3. The van der Waals surface area contributed by atoms with Gasteiger partial charge < -0.3 is 9.64 Å². The minimum atomic E-state index is -0.658. The van der Waals surface area contributed by atoms with Crippen LogP contribution in [-0.4, -0.2) is 28.7 Å². The molecule has 0 atom stereocenters. The highest BCUT2D eigenvalue weighted by molar-refractivity contribution is 6.01. The number of hydrogen-bond donors (Lipinski definition) is 0. The van der Waals surface area contributed by atoms with Gasteiger partial charge in [-0.2, -0.15) is 0 Å². The van der Waals surface area contributed by atoms with Gasteiger partial charge in [-0.05, 0) is 50.3 Å². The van der Waals surface area contributed by atoms with Crippen molar-refractivity contribution in [3.05, 3.63) is 83.1 Å². The molecule has 0 N–H and O–H groups in total. The summed E-state index contributed by atoms with van der Waals surface area (Å²) in [6.45, 7) is 6.82. The quantitative estimate of drug-likeness (QED) is 0.692. The van der Waals surface area contributed by atoms with E-state index in [-0.39, 0.29) is 23.9 Å². The van der Waals surface area contributed by atoms with Crippen molar-refractivity contribution in [3.8, 4) is 0 Å². The summed E-state index contributed by atoms with van der Waals surface area (Å²) in [6.07, 6.45) is 3.38. The van der Waals surface area contributed by atoms with Gasteiger partial charge in [0.2, 0.25) is 0 Å². The minimum absolute atomic E-state index is 0.0651. The molecule has 29 heavy (non-hydrogen) atoms. The lowest BCUT2D eigenvalue weighted by Crippen LogP contribution is -2.39. The molecule has 0 aromatic heterocycles. The van der Waals surface area contributed by atoms with Crippen LogP contribution in [0.4, 0.5) is 0 Å². The van der Waals surface area contributed by atoms with Crippen LogP contribution < -0.4 is 0 Å². The van der Waals surface area contributed by atoms with Crippen molar-refractivity contribution < 1.29 is 14.3 Å². The van der Waals surface area contributed by atoms with Crippen molar-refractivity contribution >= 4 is 11.7 Å². The molecule has 0 spiro atoms. The molecule has 2 aromatic carbocycles. The maximum atomic E-state index is 13.3. The van der Waals surface area contributed by atoms with Crippen LogP contribution in [0.5, 0.6) is 0 Å².